The van der Waals surface area contributed by atoms with Gasteiger partial charge in [0.1, 0.15) is 5.15 Å². The normalized spacial score (nSPS) is 13.0. The van der Waals surface area contributed by atoms with Crippen molar-refractivity contribution < 1.29 is 0 Å². The summed E-state index contributed by atoms with van der Waals surface area (Å²) < 4.78 is -3.35. The van der Waals surface area contributed by atoms with Gasteiger partial charge in [-0.3, -0.25) is 0 Å². The predicted octanol–water partition coefficient (Wildman–Crippen LogP) is 5.39. The first-order chi connectivity index (χ1) is 6.60. The first kappa shape index (κ1) is 14.2. The van der Waals surface area contributed by atoms with E-state index in [4.69, 9.17) is 81.2 Å². The summed E-state index contributed by atoms with van der Waals surface area (Å²) in [5, 5.41) is 0.0835. The number of pyridine rings is 1. The summed E-state index contributed by atoms with van der Waals surface area (Å²) in [4.78, 5) is 3.81. The van der Waals surface area contributed by atoms with Gasteiger partial charge in [0.05, 0.1) is 5.69 Å². The van der Waals surface area contributed by atoms with E-state index in [0.29, 0.717) is 0 Å². The molecule has 0 amide bonds. The number of rotatable bonds is 0. The summed E-state index contributed by atoms with van der Waals surface area (Å²) in [6, 6.07) is 2.75. The molecule has 1 aromatic rings. The monoisotopic (exact) mass is 345 g/mol. The molecule has 1 heterocycles. The fourth-order valence-corrected chi connectivity index (χ4v) is 1.63. The van der Waals surface area contributed by atoms with Crippen molar-refractivity contribution in [2.45, 2.75) is 7.59 Å². The molecule has 0 fully saturated rings. The molecule has 15 heavy (non-hydrogen) atoms. The van der Waals surface area contributed by atoms with Gasteiger partial charge in [-0.25, -0.2) is 4.98 Å². The van der Waals surface area contributed by atoms with Crippen LogP contribution in [0.3, 0.4) is 0 Å². The van der Waals surface area contributed by atoms with Crippen molar-refractivity contribution in [3.8, 4) is 0 Å². The van der Waals surface area contributed by atoms with Crippen LogP contribution in [-0.2, 0) is 7.59 Å². The summed E-state index contributed by atoms with van der Waals surface area (Å²) in [5.41, 5.74) is 0.384. The SMILES string of the molecule is Clc1cc(C(Cl)(Cl)Cl)cc(C(Cl)(Cl)Cl)n1. The van der Waals surface area contributed by atoms with Gasteiger partial charge in [0.2, 0.25) is 7.59 Å². The van der Waals surface area contributed by atoms with Crippen molar-refractivity contribution in [3.05, 3.63) is 28.5 Å². The molecule has 1 nitrogen and oxygen atoms in total. The Kier molecular flexibility index (Phi) is 4.57. The minimum atomic E-state index is -1.71. The Bertz CT molecular complexity index is 332. The molecule has 0 saturated carbocycles. The van der Waals surface area contributed by atoms with Crippen molar-refractivity contribution in [1.82, 2.24) is 4.98 Å². The fraction of sp³-hybridized carbons (Fsp3) is 0.286. The standard InChI is InChI=1S/C7H2Cl7N/c8-5-2-3(6(9,10)11)1-4(15-5)7(12,13)14/h1-2H. The summed E-state index contributed by atoms with van der Waals surface area (Å²) in [6.07, 6.45) is 0. The Labute approximate surface area is 122 Å². The maximum absolute atomic E-state index is 5.70. The van der Waals surface area contributed by atoms with Gasteiger partial charge in [-0.15, -0.1) is 0 Å². The van der Waals surface area contributed by atoms with Crippen LogP contribution in [-0.4, -0.2) is 4.98 Å². The minimum Gasteiger partial charge on any atom is -0.237 e. The van der Waals surface area contributed by atoms with Crippen LogP contribution in [0.25, 0.3) is 0 Å². The van der Waals surface area contributed by atoms with E-state index in [1.165, 1.54) is 12.1 Å². The highest BCUT2D eigenvalue weighted by Crippen LogP contribution is 2.43. The Hall–Kier alpha value is 1.18. The zero-order valence-corrected chi connectivity index (χ0v) is 12.0. The highest BCUT2D eigenvalue weighted by molar-refractivity contribution is 6.67. The molecule has 0 spiro atoms. The molecule has 0 aromatic carbocycles. The molecule has 1 aromatic heterocycles. The predicted molar refractivity (Wildman–Crippen MR) is 67.7 cm³/mol. The van der Waals surface area contributed by atoms with Crippen LogP contribution in [0.1, 0.15) is 11.3 Å². The second-order valence-corrected chi connectivity index (χ2v) is 7.51. The van der Waals surface area contributed by atoms with E-state index in [-0.39, 0.29) is 16.4 Å². The molecule has 0 aliphatic rings. The van der Waals surface area contributed by atoms with Gasteiger partial charge in [0.25, 0.3) is 0 Å². The second kappa shape index (κ2) is 4.81. The van der Waals surface area contributed by atoms with Crippen LogP contribution < -0.4 is 0 Å². The first-order valence-electron chi connectivity index (χ1n) is 3.42. The molecule has 0 saturated heterocycles. The fourth-order valence-electron chi connectivity index (χ4n) is 0.806. The van der Waals surface area contributed by atoms with Crippen molar-refractivity contribution in [2.24, 2.45) is 0 Å². The number of nitrogens with zero attached hydrogens (tertiary/aromatic N) is 1. The molecule has 0 aliphatic carbocycles. The minimum absolute atomic E-state index is 0.0835. The molecule has 84 valence electrons. The Morgan fingerprint density at radius 2 is 1.40 bits per heavy atom. The van der Waals surface area contributed by atoms with Crippen LogP contribution in [0.5, 0.6) is 0 Å². The van der Waals surface area contributed by atoms with E-state index in [2.05, 4.69) is 4.98 Å². The van der Waals surface area contributed by atoms with Gasteiger partial charge in [-0.2, -0.15) is 0 Å². The number of aromatic nitrogens is 1. The third-order valence-corrected chi connectivity index (χ3v) is 2.84. The van der Waals surface area contributed by atoms with E-state index in [0.717, 1.165) is 0 Å². The van der Waals surface area contributed by atoms with Crippen LogP contribution in [0.2, 0.25) is 5.15 Å². The van der Waals surface area contributed by atoms with Crippen molar-refractivity contribution in [1.29, 1.82) is 0 Å². The molecule has 0 unspecified atom stereocenters. The van der Waals surface area contributed by atoms with Crippen molar-refractivity contribution in [3.63, 3.8) is 0 Å². The first-order valence-corrected chi connectivity index (χ1v) is 6.07. The summed E-state index contributed by atoms with van der Waals surface area (Å²) in [5.74, 6) is 0. The zero-order valence-electron chi connectivity index (χ0n) is 6.75. The topological polar surface area (TPSA) is 12.9 Å². The Morgan fingerprint density at radius 3 is 1.80 bits per heavy atom. The third kappa shape index (κ3) is 4.16. The number of alkyl halides is 6. The van der Waals surface area contributed by atoms with Gasteiger partial charge in [-0.05, 0) is 12.1 Å². The second-order valence-electron chi connectivity index (χ2n) is 2.56. The summed E-state index contributed by atoms with van der Waals surface area (Å²) in [7, 11) is 0. The lowest BCUT2D eigenvalue weighted by Gasteiger charge is -2.16. The lowest BCUT2D eigenvalue weighted by molar-refractivity contribution is 1.05. The molecular formula is C7H2Cl7N. The summed E-state index contributed by atoms with van der Waals surface area (Å²) in [6.45, 7) is 0. The Balaban J connectivity index is 3.30. The van der Waals surface area contributed by atoms with E-state index in [1.54, 1.807) is 0 Å². The van der Waals surface area contributed by atoms with Crippen molar-refractivity contribution >= 4 is 81.2 Å². The van der Waals surface area contributed by atoms with Crippen LogP contribution in [0.15, 0.2) is 12.1 Å². The Morgan fingerprint density at radius 1 is 0.867 bits per heavy atom. The maximum atomic E-state index is 5.70. The molecule has 0 atom stereocenters. The quantitative estimate of drug-likeness (QED) is 0.453. The maximum Gasteiger partial charge on any atom is 0.232 e. The molecule has 0 aliphatic heterocycles. The highest BCUT2D eigenvalue weighted by atomic mass is 35.6. The molecule has 0 radical (unpaired) electrons. The van der Waals surface area contributed by atoms with Gasteiger partial charge in [-0.1, -0.05) is 81.2 Å². The van der Waals surface area contributed by atoms with E-state index < -0.39 is 7.59 Å². The van der Waals surface area contributed by atoms with E-state index >= 15 is 0 Å². The van der Waals surface area contributed by atoms with E-state index in [9.17, 15) is 0 Å². The zero-order chi connectivity index (χ0) is 11.9. The number of hydrogen-bond donors (Lipinski definition) is 0. The van der Waals surface area contributed by atoms with Crippen LogP contribution in [0.4, 0.5) is 0 Å². The van der Waals surface area contributed by atoms with Gasteiger partial charge in [0.15, 0.2) is 0 Å². The number of hydrogen-bond acceptors (Lipinski definition) is 1. The molecule has 0 N–H and O–H groups in total. The molecule has 8 heteroatoms. The molecule has 1 rings (SSSR count). The lowest BCUT2D eigenvalue weighted by atomic mass is 10.2. The summed E-state index contributed by atoms with van der Waals surface area (Å²) >= 11 is 39.6. The highest BCUT2D eigenvalue weighted by Gasteiger charge is 2.30. The largest absolute Gasteiger partial charge is 0.237 e. The average Bonchev–Trinajstić information content (AvgIpc) is 1.99. The molecular weight excluding hydrogens is 346 g/mol. The van der Waals surface area contributed by atoms with Gasteiger partial charge < -0.3 is 0 Å². The lowest BCUT2D eigenvalue weighted by Crippen LogP contribution is -2.08. The van der Waals surface area contributed by atoms with E-state index in [1.807, 2.05) is 0 Å². The van der Waals surface area contributed by atoms with Crippen molar-refractivity contribution in [2.75, 3.05) is 0 Å². The smallest absolute Gasteiger partial charge is 0.232 e. The van der Waals surface area contributed by atoms with Crippen LogP contribution >= 0.6 is 81.2 Å². The average molecular weight is 348 g/mol. The third-order valence-electron chi connectivity index (χ3n) is 1.41. The van der Waals surface area contributed by atoms with Gasteiger partial charge in [0, 0.05) is 5.56 Å². The number of halogens is 7. The van der Waals surface area contributed by atoms with Crippen LogP contribution in [0, 0.1) is 0 Å². The molecule has 0 bridgehead atoms. The van der Waals surface area contributed by atoms with Gasteiger partial charge >= 0.3 is 0 Å².